The Balaban J connectivity index is 2.16. The summed E-state index contributed by atoms with van der Waals surface area (Å²) in [6.45, 7) is 7.21. The Bertz CT molecular complexity index is 755. The number of likely N-dealkylation sites (tertiary alicyclic amines) is 1. The second kappa shape index (κ2) is 10.9. The molecule has 0 saturated carbocycles. The van der Waals surface area contributed by atoms with Crippen LogP contribution in [0.3, 0.4) is 0 Å². The Kier molecular flexibility index (Phi) is 8.57. The van der Waals surface area contributed by atoms with Crippen LogP contribution in [0.2, 0.25) is 0 Å². The Morgan fingerprint density at radius 1 is 1.28 bits per heavy atom. The van der Waals surface area contributed by atoms with E-state index < -0.39 is 0 Å². The van der Waals surface area contributed by atoms with Crippen LogP contribution in [0.25, 0.3) is 0 Å². The molecule has 0 N–H and O–H groups in total. The molecule has 158 valence electrons. The Morgan fingerprint density at radius 2 is 1.97 bits per heavy atom. The molecule has 5 heteroatoms. The van der Waals surface area contributed by atoms with Gasteiger partial charge < -0.3 is 14.5 Å². The number of methoxy groups -OCH3 is 1. The van der Waals surface area contributed by atoms with E-state index in [-0.39, 0.29) is 17.9 Å². The predicted octanol–water partition coefficient (Wildman–Crippen LogP) is 3.37. The third-order valence-corrected chi connectivity index (χ3v) is 5.66. The molecule has 1 aliphatic rings. The van der Waals surface area contributed by atoms with Gasteiger partial charge in [0, 0.05) is 32.6 Å². The van der Waals surface area contributed by atoms with E-state index in [0.29, 0.717) is 31.3 Å². The largest absolute Gasteiger partial charge is 0.497 e. The van der Waals surface area contributed by atoms with Gasteiger partial charge in [0.25, 0.3) is 5.91 Å². The molecule has 1 saturated heterocycles. The molecule has 1 fully saturated rings. The number of hydrogen-bond acceptors (Lipinski definition) is 3. The van der Waals surface area contributed by atoms with Crippen molar-refractivity contribution in [3.8, 4) is 17.6 Å². The van der Waals surface area contributed by atoms with E-state index in [2.05, 4.69) is 31.8 Å². The van der Waals surface area contributed by atoms with Crippen LogP contribution < -0.4 is 4.74 Å². The molecule has 5 nitrogen and oxygen atoms in total. The number of piperidine rings is 1. The molecule has 1 unspecified atom stereocenters. The smallest absolute Gasteiger partial charge is 0.298 e. The van der Waals surface area contributed by atoms with Crippen LogP contribution in [0.4, 0.5) is 0 Å². The second-order valence-corrected chi connectivity index (χ2v) is 8.23. The average molecular weight is 399 g/mol. The topological polar surface area (TPSA) is 49.9 Å². The lowest BCUT2D eigenvalue weighted by molar-refractivity contribution is -0.135. The van der Waals surface area contributed by atoms with Crippen LogP contribution in [-0.2, 0) is 16.0 Å². The highest BCUT2D eigenvalue weighted by Crippen LogP contribution is 2.28. The molecule has 1 aliphatic heterocycles. The molecule has 0 aromatic heterocycles. The molecular weight excluding hydrogens is 364 g/mol. The number of ether oxygens (including phenoxy) is 1. The summed E-state index contributed by atoms with van der Waals surface area (Å²) in [5, 5.41) is 0. The SMILES string of the molecule is CC#CC(=O)N1CCC(C(Cc2cccc(OC)c2)N(C)C(=O)CC(C)C)CC1. The normalized spacial score (nSPS) is 15.4. The maximum absolute atomic E-state index is 12.8. The number of carbonyl (C=O) groups is 2. The fourth-order valence-corrected chi connectivity index (χ4v) is 4.01. The summed E-state index contributed by atoms with van der Waals surface area (Å²) in [5.74, 6) is 6.91. The highest BCUT2D eigenvalue weighted by molar-refractivity contribution is 5.93. The van der Waals surface area contributed by atoms with Gasteiger partial charge >= 0.3 is 0 Å². The Hall–Kier alpha value is -2.48. The maximum atomic E-state index is 12.8. The molecule has 0 radical (unpaired) electrons. The van der Waals surface area contributed by atoms with E-state index in [1.165, 1.54) is 0 Å². The van der Waals surface area contributed by atoms with Crippen LogP contribution in [0.1, 0.15) is 45.6 Å². The monoisotopic (exact) mass is 398 g/mol. The van der Waals surface area contributed by atoms with Gasteiger partial charge in [-0.25, -0.2) is 0 Å². The van der Waals surface area contributed by atoms with Gasteiger partial charge in [0.15, 0.2) is 0 Å². The van der Waals surface area contributed by atoms with Gasteiger partial charge in [-0.2, -0.15) is 0 Å². The molecule has 29 heavy (non-hydrogen) atoms. The average Bonchev–Trinajstić information content (AvgIpc) is 2.71. The molecule has 1 aromatic carbocycles. The second-order valence-electron chi connectivity index (χ2n) is 8.23. The van der Waals surface area contributed by atoms with Crippen molar-refractivity contribution in [3.63, 3.8) is 0 Å². The minimum atomic E-state index is -0.0977. The first-order valence-corrected chi connectivity index (χ1v) is 10.5. The highest BCUT2D eigenvalue weighted by Gasteiger charge is 2.32. The van der Waals surface area contributed by atoms with E-state index in [1.807, 2.05) is 35.0 Å². The number of nitrogens with zero attached hydrogens (tertiary/aromatic N) is 2. The first-order valence-electron chi connectivity index (χ1n) is 10.5. The maximum Gasteiger partial charge on any atom is 0.298 e. The van der Waals surface area contributed by atoms with Crippen LogP contribution in [0.5, 0.6) is 5.75 Å². The standard InChI is InChI=1S/C24H34N2O3/c1-6-8-23(27)26-13-11-20(12-14-26)22(25(4)24(28)15-18(2)3)17-19-9-7-10-21(16-19)29-5/h7,9-10,16,18,20,22H,11-15,17H2,1-5H3. The van der Waals surface area contributed by atoms with E-state index >= 15 is 0 Å². The van der Waals surface area contributed by atoms with E-state index in [4.69, 9.17) is 4.74 Å². The summed E-state index contributed by atoms with van der Waals surface area (Å²) in [4.78, 5) is 28.7. The minimum Gasteiger partial charge on any atom is -0.497 e. The summed E-state index contributed by atoms with van der Waals surface area (Å²) in [7, 11) is 3.59. The van der Waals surface area contributed by atoms with E-state index in [9.17, 15) is 9.59 Å². The third kappa shape index (κ3) is 6.52. The molecule has 2 amide bonds. The summed E-state index contributed by atoms with van der Waals surface area (Å²) in [5.41, 5.74) is 1.16. The minimum absolute atomic E-state index is 0.0977. The number of benzene rings is 1. The third-order valence-electron chi connectivity index (χ3n) is 5.66. The van der Waals surface area contributed by atoms with Crippen LogP contribution in [0.15, 0.2) is 24.3 Å². The van der Waals surface area contributed by atoms with Gasteiger partial charge in [-0.15, -0.1) is 0 Å². The van der Waals surface area contributed by atoms with Crippen molar-refractivity contribution in [1.82, 2.24) is 9.80 Å². The van der Waals surface area contributed by atoms with Crippen molar-refractivity contribution >= 4 is 11.8 Å². The number of likely N-dealkylation sites (N-methyl/N-ethyl adjacent to an activating group) is 1. The van der Waals surface area contributed by atoms with Crippen molar-refractivity contribution in [2.24, 2.45) is 11.8 Å². The molecule has 2 rings (SSSR count). The summed E-state index contributed by atoms with van der Waals surface area (Å²) in [6.07, 6.45) is 3.09. The number of rotatable bonds is 7. The zero-order valence-corrected chi connectivity index (χ0v) is 18.4. The summed E-state index contributed by atoms with van der Waals surface area (Å²) < 4.78 is 5.37. The first kappa shape index (κ1) is 22.8. The molecule has 0 aliphatic carbocycles. The van der Waals surface area contributed by atoms with Gasteiger partial charge in [0.2, 0.25) is 5.91 Å². The van der Waals surface area contributed by atoms with Gasteiger partial charge in [0.1, 0.15) is 5.75 Å². The fourth-order valence-electron chi connectivity index (χ4n) is 4.01. The Morgan fingerprint density at radius 3 is 2.55 bits per heavy atom. The number of amides is 2. The van der Waals surface area contributed by atoms with E-state index in [0.717, 1.165) is 30.6 Å². The van der Waals surface area contributed by atoms with Gasteiger partial charge in [-0.3, -0.25) is 9.59 Å². The van der Waals surface area contributed by atoms with E-state index in [1.54, 1.807) is 14.0 Å². The molecular formula is C24H34N2O3. The summed E-state index contributed by atoms with van der Waals surface area (Å²) in [6, 6.07) is 8.16. The lowest BCUT2D eigenvalue weighted by Crippen LogP contribution is -2.48. The first-order chi connectivity index (χ1) is 13.8. The zero-order chi connectivity index (χ0) is 21.4. The van der Waals surface area contributed by atoms with Crippen LogP contribution in [-0.4, -0.2) is 54.9 Å². The van der Waals surface area contributed by atoms with Crippen LogP contribution in [0, 0.1) is 23.7 Å². The van der Waals surface area contributed by atoms with Crippen molar-refractivity contribution in [3.05, 3.63) is 29.8 Å². The van der Waals surface area contributed by atoms with Crippen molar-refractivity contribution in [2.45, 2.75) is 52.5 Å². The predicted molar refractivity (Wildman–Crippen MR) is 115 cm³/mol. The lowest BCUT2D eigenvalue weighted by atomic mass is 9.84. The molecule has 1 atom stereocenters. The quantitative estimate of drug-likeness (QED) is 0.662. The van der Waals surface area contributed by atoms with Crippen molar-refractivity contribution in [2.75, 3.05) is 27.2 Å². The molecule has 1 heterocycles. The number of hydrogen-bond donors (Lipinski definition) is 0. The van der Waals surface area contributed by atoms with Crippen molar-refractivity contribution < 1.29 is 14.3 Å². The summed E-state index contributed by atoms with van der Waals surface area (Å²) >= 11 is 0. The Labute approximate surface area is 175 Å². The highest BCUT2D eigenvalue weighted by atomic mass is 16.5. The molecule has 0 spiro atoms. The van der Waals surface area contributed by atoms with Crippen LogP contribution >= 0.6 is 0 Å². The zero-order valence-electron chi connectivity index (χ0n) is 18.4. The van der Waals surface area contributed by atoms with Crippen molar-refractivity contribution in [1.29, 1.82) is 0 Å². The van der Waals surface area contributed by atoms with Gasteiger partial charge in [0.05, 0.1) is 7.11 Å². The number of carbonyl (C=O) groups excluding carboxylic acids is 2. The molecule has 0 bridgehead atoms. The van der Waals surface area contributed by atoms with Gasteiger partial charge in [-0.1, -0.05) is 31.9 Å². The molecule has 1 aromatic rings. The fraction of sp³-hybridized carbons (Fsp3) is 0.583. The van der Waals surface area contributed by atoms with Gasteiger partial charge in [-0.05, 0) is 61.6 Å². The lowest BCUT2D eigenvalue weighted by Gasteiger charge is -2.40.